The van der Waals surface area contributed by atoms with E-state index in [4.69, 9.17) is 28.9 Å². The highest BCUT2D eigenvalue weighted by Crippen LogP contribution is 2.28. The topological polar surface area (TPSA) is 41.6 Å². The molecular weight excluding hydrogens is 257 g/mol. The highest BCUT2D eigenvalue weighted by atomic mass is 35.5. The van der Waals surface area contributed by atoms with Gasteiger partial charge in [-0.3, -0.25) is 0 Å². The highest BCUT2D eigenvalue weighted by molar-refractivity contribution is 6.36. The lowest BCUT2D eigenvalue weighted by atomic mass is 10.1. The van der Waals surface area contributed by atoms with Crippen molar-refractivity contribution >= 4 is 34.8 Å². The molecule has 1 aliphatic heterocycles. The maximum atomic E-state index is 6.05. The van der Waals surface area contributed by atoms with Gasteiger partial charge in [-0.2, -0.15) is 0 Å². The van der Waals surface area contributed by atoms with E-state index in [9.17, 15) is 0 Å². The van der Waals surface area contributed by atoms with E-state index >= 15 is 0 Å². The van der Waals surface area contributed by atoms with Gasteiger partial charge in [0.2, 0.25) is 0 Å². The SMILES string of the molecule is NC(=Nc1ccc(Cl)cc1Cl)N1CCCCC1. The third-order valence-corrected chi connectivity index (χ3v) is 3.36. The molecule has 17 heavy (non-hydrogen) atoms. The molecule has 0 saturated carbocycles. The molecule has 0 radical (unpaired) electrons. The first-order valence-corrected chi connectivity index (χ1v) is 6.46. The summed E-state index contributed by atoms with van der Waals surface area (Å²) in [5.74, 6) is 0.536. The second-order valence-electron chi connectivity index (χ2n) is 4.11. The van der Waals surface area contributed by atoms with E-state index in [1.54, 1.807) is 18.2 Å². The molecule has 0 aromatic heterocycles. The van der Waals surface area contributed by atoms with Gasteiger partial charge < -0.3 is 10.6 Å². The molecule has 1 aromatic carbocycles. The summed E-state index contributed by atoms with van der Waals surface area (Å²) in [5, 5.41) is 1.13. The summed E-state index contributed by atoms with van der Waals surface area (Å²) in [7, 11) is 0. The molecule has 1 fully saturated rings. The standard InChI is InChI=1S/C12H15Cl2N3/c13-9-4-5-11(10(14)8-9)16-12(15)17-6-2-1-3-7-17/h4-5,8H,1-3,6-7H2,(H2,15,16). The van der Waals surface area contributed by atoms with E-state index in [2.05, 4.69) is 9.89 Å². The van der Waals surface area contributed by atoms with Crippen LogP contribution in [0, 0.1) is 0 Å². The molecule has 1 saturated heterocycles. The van der Waals surface area contributed by atoms with Crippen molar-refractivity contribution in [2.45, 2.75) is 19.3 Å². The number of nitrogens with zero attached hydrogens (tertiary/aromatic N) is 2. The van der Waals surface area contributed by atoms with Gasteiger partial charge in [-0.25, -0.2) is 4.99 Å². The van der Waals surface area contributed by atoms with Crippen LogP contribution in [-0.2, 0) is 0 Å². The second-order valence-corrected chi connectivity index (χ2v) is 4.96. The number of hydrogen-bond acceptors (Lipinski definition) is 1. The third-order valence-electron chi connectivity index (χ3n) is 2.82. The molecule has 0 spiro atoms. The number of halogens is 2. The molecule has 2 N–H and O–H groups in total. The van der Waals surface area contributed by atoms with Gasteiger partial charge in [0.15, 0.2) is 5.96 Å². The van der Waals surface area contributed by atoms with Gasteiger partial charge in [0.1, 0.15) is 0 Å². The molecular formula is C12H15Cl2N3. The Morgan fingerprint density at radius 2 is 1.88 bits per heavy atom. The summed E-state index contributed by atoms with van der Waals surface area (Å²) < 4.78 is 0. The van der Waals surface area contributed by atoms with Crippen molar-refractivity contribution in [3.05, 3.63) is 28.2 Å². The van der Waals surface area contributed by atoms with Crippen molar-refractivity contribution in [2.24, 2.45) is 10.7 Å². The minimum absolute atomic E-state index is 0.525. The normalized spacial score (nSPS) is 17.3. The predicted molar refractivity (Wildman–Crippen MR) is 73.2 cm³/mol. The lowest BCUT2D eigenvalue weighted by Crippen LogP contribution is -2.40. The second kappa shape index (κ2) is 5.61. The molecule has 1 aliphatic rings. The highest BCUT2D eigenvalue weighted by Gasteiger charge is 2.12. The number of hydrogen-bond donors (Lipinski definition) is 1. The van der Waals surface area contributed by atoms with Crippen LogP contribution >= 0.6 is 23.2 Å². The van der Waals surface area contributed by atoms with Crippen molar-refractivity contribution in [1.82, 2.24) is 4.90 Å². The van der Waals surface area contributed by atoms with E-state index in [1.165, 1.54) is 19.3 Å². The van der Waals surface area contributed by atoms with Gasteiger partial charge in [0.05, 0.1) is 10.7 Å². The zero-order valence-electron chi connectivity index (χ0n) is 9.50. The van der Waals surface area contributed by atoms with Gasteiger partial charge in [-0.05, 0) is 37.5 Å². The van der Waals surface area contributed by atoms with Crippen molar-refractivity contribution in [3.8, 4) is 0 Å². The number of aliphatic imine (C=N–C) groups is 1. The molecule has 3 nitrogen and oxygen atoms in total. The van der Waals surface area contributed by atoms with Gasteiger partial charge in [0, 0.05) is 18.1 Å². The number of guanidine groups is 1. The monoisotopic (exact) mass is 271 g/mol. The number of rotatable bonds is 1. The maximum absolute atomic E-state index is 6.05. The Labute approximate surface area is 111 Å². The Bertz CT molecular complexity index is 426. The number of nitrogens with two attached hydrogens (primary N) is 1. The van der Waals surface area contributed by atoms with Crippen LogP contribution in [0.2, 0.25) is 10.0 Å². The molecule has 0 amide bonds. The summed E-state index contributed by atoms with van der Waals surface area (Å²) in [6.07, 6.45) is 3.61. The van der Waals surface area contributed by atoms with Gasteiger partial charge in [0.25, 0.3) is 0 Å². The van der Waals surface area contributed by atoms with Gasteiger partial charge >= 0.3 is 0 Å². The number of piperidine rings is 1. The first kappa shape index (κ1) is 12.5. The zero-order chi connectivity index (χ0) is 12.3. The first-order chi connectivity index (χ1) is 8.16. The fourth-order valence-corrected chi connectivity index (χ4v) is 2.34. The Balaban J connectivity index is 2.16. The largest absolute Gasteiger partial charge is 0.369 e. The first-order valence-electron chi connectivity index (χ1n) is 5.71. The van der Waals surface area contributed by atoms with Crippen LogP contribution in [0.1, 0.15) is 19.3 Å². The summed E-state index contributed by atoms with van der Waals surface area (Å²) >= 11 is 11.9. The fourth-order valence-electron chi connectivity index (χ4n) is 1.89. The van der Waals surface area contributed by atoms with Crippen LogP contribution in [0.5, 0.6) is 0 Å². The van der Waals surface area contributed by atoms with Crippen LogP contribution in [0.25, 0.3) is 0 Å². The van der Waals surface area contributed by atoms with Crippen molar-refractivity contribution < 1.29 is 0 Å². The smallest absolute Gasteiger partial charge is 0.196 e. The quantitative estimate of drug-likeness (QED) is 0.628. The Morgan fingerprint density at radius 1 is 1.18 bits per heavy atom. The lowest BCUT2D eigenvalue weighted by Gasteiger charge is -2.27. The Morgan fingerprint density at radius 3 is 2.53 bits per heavy atom. The average molecular weight is 272 g/mol. The minimum atomic E-state index is 0.525. The molecule has 92 valence electrons. The van der Waals surface area contributed by atoms with Crippen LogP contribution in [0.3, 0.4) is 0 Å². The molecule has 1 heterocycles. The average Bonchev–Trinajstić information content (AvgIpc) is 2.34. The van der Waals surface area contributed by atoms with Crippen molar-refractivity contribution in [3.63, 3.8) is 0 Å². The molecule has 0 aliphatic carbocycles. The van der Waals surface area contributed by atoms with E-state index in [1.807, 2.05) is 0 Å². The molecule has 0 unspecified atom stereocenters. The third kappa shape index (κ3) is 3.27. The summed E-state index contributed by atoms with van der Waals surface area (Å²) in [6, 6.07) is 5.21. The predicted octanol–water partition coefficient (Wildman–Crippen LogP) is 3.43. The van der Waals surface area contributed by atoms with E-state index in [0.29, 0.717) is 21.7 Å². The van der Waals surface area contributed by atoms with E-state index in [0.717, 1.165) is 13.1 Å². The lowest BCUT2D eigenvalue weighted by molar-refractivity contribution is 0.339. The van der Waals surface area contributed by atoms with Crippen molar-refractivity contribution in [2.75, 3.05) is 13.1 Å². The van der Waals surface area contributed by atoms with Gasteiger partial charge in [-0.1, -0.05) is 23.2 Å². The Hall–Kier alpha value is -0.930. The fraction of sp³-hybridized carbons (Fsp3) is 0.417. The Kier molecular flexibility index (Phi) is 4.13. The molecule has 5 heteroatoms. The van der Waals surface area contributed by atoms with Crippen LogP contribution in [0.4, 0.5) is 5.69 Å². The van der Waals surface area contributed by atoms with Crippen molar-refractivity contribution in [1.29, 1.82) is 0 Å². The van der Waals surface area contributed by atoms with Gasteiger partial charge in [-0.15, -0.1) is 0 Å². The summed E-state index contributed by atoms with van der Waals surface area (Å²) in [5.41, 5.74) is 6.64. The molecule has 0 bridgehead atoms. The zero-order valence-corrected chi connectivity index (χ0v) is 11.0. The molecule has 0 atom stereocenters. The van der Waals surface area contributed by atoms with E-state index < -0.39 is 0 Å². The minimum Gasteiger partial charge on any atom is -0.369 e. The number of likely N-dealkylation sites (tertiary alicyclic amines) is 1. The summed E-state index contributed by atoms with van der Waals surface area (Å²) in [4.78, 5) is 6.44. The number of benzene rings is 1. The summed E-state index contributed by atoms with van der Waals surface area (Å²) in [6.45, 7) is 1.95. The molecule has 2 rings (SSSR count). The molecule has 1 aromatic rings. The van der Waals surface area contributed by atoms with Crippen LogP contribution in [-0.4, -0.2) is 23.9 Å². The van der Waals surface area contributed by atoms with E-state index in [-0.39, 0.29) is 0 Å². The van der Waals surface area contributed by atoms with Crippen LogP contribution < -0.4 is 5.73 Å². The maximum Gasteiger partial charge on any atom is 0.196 e. The van der Waals surface area contributed by atoms with Crippen LogP contribution in [0.15, 0.2) is 23.2 Å².